The van der Waals surface area contributed by atoms with E-state index in [0.29, 0.717) is 16.4 Å². The predicted octanol–water partition coefficient (Wildman–Crippen LogP) is 2.22. The third kappa shape index (κ3) is 2.95. The van der Waals surface area contributed by atoms with Gasteiger partial charge in [0.25, 0.3) is 5.91 Å². The Morgan fingerprint density at radius 3 is 2.67 bits per heavy atom. The molecule has 0 aliphatic heterocycles. The number of rotatable bonds is 3. The molecule has 0 saturated carbocycles. The van der Waals surface area contributed by atoms with E-state index >= 15 is 0 Å². The van der Waals surface area contributed by atoms with Crippen LogP contribution in [0.4, 0.5) is 0 Å². The normalized spacial score (nSPS) is 11.3. The second-order valence-corrected chi connectivity index (χ2v) is 4.05. The highest BCUT2D eigenvalue weighted by Crippen LogP contribution is 2.10. The molecule has 2 N–H and O–H groups in total. The SMILES string of the molecule is C/C(=N\NC(=O)c1ccn[nH]1)c1ccc(Cl)cc1. The lowest BCUT2D eigenvalue weighted by molar-refractivity contribution is 0.0950. The first kappa shape index (κ1) is 12.3. The second kappa shape index (κ2) is 5.46. The maximum Gasteiger partial charge on any atom is 0.289 e. The Morgan fingerprint density at radius 1 is 1.33 bits per heavy atom. The van der Waals surface area contributed by atoms with Crippen molar-refractivity contribution in [3.63, 3.8) is 0 Å². The van der Waals surface area contributed by atoms with Gasteiger partial charge in [-0.05, 0) is 30.7 Å². The molecule has 0 saturated heterocycles. The van der Waals surface area contributed by atoms with Crippen LogP contribution in [0.1, 0.15) is 23.0 Å². The summed E-state index contributed by atoms with van der Waals surface area (Å²) >= 11 is 5.79. The van der Waals surface area contributed by atoms with Crippen LogP contribution in [0, 0.1) is 0 Å². The molecule has 1 aromatic carbocycles. The highest BCUT2D eigenvalue weighted by molar-refractivity contribution is 6.30. The third-order valence-corrected chi connectivity index (χ3v) is 2.58. The number of aromatic nitrogens is 2. The molecular formula is C12H11ClN4O. The lowest BCUT2D eigenvalue weighted by Crippen LogP contribution is -2.19. The van der Waals surface area contributed by atoms with Gasteiger partial charge >= 0.3 is 0 Å². The van der Waals surface area contributed by atoms with Crippen molar-refractivity contribution in [2.75, 3.05) is 0 Å². The monoisotopic (exact) mass is 262 g/mol. The van der Waals surface area contributed by atoms with Crippen LogP contribution in [-0.4, -0.2) is 21.8 Å². The van der Waals surface area contributed by atoms with Crippen molar-refractivity contribution in [2.45, 2.75) is 6.92 Å². The van der Waals surface area contributed by atoms with E-state index in [1.54, 1.807) is 25.1 Å². The zero-order valence-electron chi connectivity index (χ0n) is 9.64. The number of halogens is 1. The summed E-state index contributed by atoms with van der Waals surface area (Å²) in [4.78, 5) is 11.6. The van der Waals surface area contributed by atoms with Crippen molar-refractivity contribution in [3.05, 3.63) is 52.8 Å². The topological polar surface area (TPSA) is 70.1 Å². The quantitative estimate of drug-likeness (QED) is 0.658. The number of H-pyrrole nitrogens is 1. The summed E-state index contributed by atoms with van der Waals surface area (Å²) in [6.07, 6.45) is 1.50. The first-order valence-corrected chi connectivity index (χ1v) is 5.64. The minimum Gasteiger partial charge on any atom is -0.273 e. The van der Waals surface area contributed by atoms with Crippen LogP contribution in [0.3, 0.4) is 0 Å². The molecule has 6 heteroatoms. The zero-order chi connectivity index (χ0) is 13.0. The number of hydrazone groups is 1. The molecule has 0 aliphatic rings. The van der Waals surface area contributed by atoms with E-state index in [4.69, 9.17) is 11.6 Å². The summed E-state index contributed by atoms with van der Waals surface area (Å²) in [6.45, 7) is 1.80. The fourth-order valence-corrected chi connectivity index (χ4v) is 1.46. The molecule has 0 spiro atoms. The molecule has 0 fully saturated rings. The fourth-order valence-electron chi connectivity index (χ4n) is 1.33. The van der Waals surface area contributed by atoms with Gasteiger partial charge in [-0.3, -0.25) is 9.89 Å². The molecule has 0 aliphatic carbocycles. The predicted molar refractivity (Wildman–Crippen MR) is 69.7 cm³/mol. The van der Waals surface area contributed by atoms with E-state index in [9.17, 15) is 4.79 Å². The van der Waals surface area contributed by atoms with Gasteiger partial charge in [0.2, 0.25) is 0 Å². The molecule has 0 atom stereocenters. The van der Waals surface area contributed by atoms with Crippen LogP contribution in [0.5, 0.6) is 0 Å². The van der Waals surface area contributed by atoms with Crippen molar-refractivity contribution in [2.24, 2.45) is 5.10 Å². The number of hydrogen-bond acceptors (Lipinski definition) is 3. The molecular weight excluding hydrogens is 252 g/mol. The van der Waals surface area contributed by atoms with Gasteiger partial charge in [0.1, 0.15) is 5.69 Å². The van der Waals surface area contributed by atoms with E-state index in [2.05, 4.69) is 20.7 Å². The van der Waals surface area contributed by atoms with Crippen molar-refractivity contribution < 1.29 is 4.79 Å². The number of carbonyl (C=O) groups is 1. The van der Waals surface area contributed by atoms with E-state index in [0.717, 1.165) is 5.56 Å². The van der Waals surface area contributed by atoms with E-state index in [1.165, 1.54) is 6.20 Å². The van der Waals surface area contributed by atoms with Crippen molar-refractivity contribution >= 4 is 23.2 Å². The molecule has 0 radical (unpaired) electrons. The average molecular weight is 263 g/mol. The summed E-state index contributed by atoms with van der Waals surface area (Å²) in [5, 5.41) is 10.9. The number of aromatic amines is 1. The van der Waals surface area contributed by atoms with Crippen molar-refractivity contribution in [3.8, 4) is 0 Å². The van der Waals surface area contributed by atoms with Gasteiger partial charge in [-0.2, -0.15) is 10.2 Å². The van der Waals surface area contributed by atoms with Gasteiger partial charge in [0.05, 0.1) is 5.71 Å². The van der Waals surface area contributed by atoms with E-state index in [-0.39, 0.29) is 5.91 Å². The first-order chi connectivity index (χ1) is 8.66. The van der Waals surface area contributed by atoms with Crippen LogP contribution >= 0.6 is 11.6 Å². The molecule has 0 bridgehead atoms. The summed E-state index contributed by atoms with van der Waals surface area (Å²) in [5.41, 5.74) is 4.39. The summed E-state index contributed by atoms with van der Waals surface area (Å²) in [5.74, 6) is -0.333. The third-order valence-electron chi connectivity index (χ3n) is 2.33. The van der Waals surface area contributed by atoms with Gasteiger partial charge in [0.15, 0.2) is 0 Å². The zero-order valence-corrected chi connectivity index (χ0v) is 10.4. The fraction of sp³-hybridized carbons (Fsp3) is 0.0833. The van der Waals surface area contributed by atoms with E-state index in [1.807, 2.05) is 12.1 Å². The number of nitrogens with one attached hydrogen (secondary N) is 2. The molecule has 92 valence electrons. The van der Waals surface area contributed by atoms with Gasteiger partial charge in [-0.25, -0.2) is 5.43 Å². The number of hydrogen-bond donors (Lipinski definition) is 2. The first-order valence-electron chi connectivity index (χ1n) is 5.27. The number of nitrogens with zero attached hydrogens (tertiary/aromatic N) is 2. The second-order valence-electron chi connectivity index (χ2n) is 3.62. The molecule has 2 rings (SSSR count). The van der Waals surface area contributed by atoms with Crippen LogP contribution in [0.2, 0.25) is 5.02 Å². The van der Waals surface area contributed by atoms with Crippen molar-refractivity contribution in [1.82, 2.24) is 15.6 Å². The van der Waals surface area contributed by atoms with Gasteiger partial charge in [-0.1, -0.05) is 23.7 Å². The van der Waals surface area contributed by atoms with E-state index < -0.39 is 0 Å². The van der Waals surface area contributed by atoms with Crippen LogP contribution in [-0.2, 0) is 0 Å². The maximum atomic E-state index is 11.6. The van der Waals surface area contributed by atoms with Crippen LogP contribution < -0.4 is 5.43 Å². The lowest BCUT2D eigenvalue weighted by atomic mass is 10.1. The minimum atomic E-state index is -0.333. The minimum absolute atomic E-state index is 0.333. The Kier molecular flexibility index (Phi) is 3.74. The molecule has 18 heavy (non-hydrogen) atoms. The summed E-state index contributed by atoms with van der Waals surface area (Å²) < 4.78 is 0. The number of amides is 1. The molecule has 5 nitrogen and oxygen atoms in total. The Morgan fingerprint density at radius 2 is 2.06 bits per heavy atom. The van der Waals surface area contributed by atoms with Gasteiger partial charge < -0.3 is 0 Å². The summed E-state index contributed by atoms with van der Waals surface area (Å²) in [7, 11) is 0. The standard InChI is InChI=1S/C12H11ClN4O/c1-8(9-2-4-10(13)5-3-9)15-17-12(18)11-6-7-14-16-11/h2-7H,1H3,(H,14,16)(H,17,18)/b15-8+. The van der Waals surface area contributed by atoms with Crippen molar-refractivity contribution in [1.29, 1.82) is 0 Å². The van der Waals surface area contributed by atoms with Gasteiger partial charge in [0, 0.05) is 11.2 Å². The number of carbonyl (C=O) groups excluding carboxylic acids is 1. The Balaban J connectivity index is 2.05. The van der Waals surface area contributed by atoms with Gasteiger partial charge in [-0.15, -0.1) is 0 Å². The number of benzene rings is 1. The molecule has 1 heterocycles. The Hall–Kier alpha value is -2.14. The molecule has 1 amide bonds. The van der Waals surface area contributed by atoms with Crippen LogP contribution in [0.15, 0.2) is 41.6 Å². The Labute approximate surface area is 109 Å². The smallest absolute Gasteiger partial charge is 0.273 e. The average Bonchev–Trinajstić information content (AvgIpc) is 2.90. The molecule has 2 aromatic rings. The Bertz CT molecular complexity index is 560. The molecule has 0 unspecified atom stereocenters. The maximum absolute atomic E-state index is 11.6. The highest BCUT2D eigenvalue weighted by Gasteiger charge is 2.05. The molecule has 1 aromatic heterocycles. The van der Waals surface area contributed by atoms with Crippen LogP contribution in [0.25, 0.3) is 0 Å². The highest BCUT2D eigenvalue weighted by atomic mass is 35.5. The summed E-state index contributed by atoms with van der Waals surface area (Å²) in [6, 6.07) is 8.79. The largest absolute Gasteiger partial charge is 0.289 e. The lowest BCUT2D eigenvalue weighted by Gasteiger charge is -2.01.